The highest BCUT2D eigenvalue weighted by Crippen LogP contribution is 2.28. The first-order valence-electron chi connectivity index (χ1n) is 7.85. The molecule has 0 bridgehead atoms. The topological polar surface area (TPSA) is 45.7 Å². The fourth-order valence-electron chi connectivity index (χ4n) is 3.20. The summed E-state index contributed by atoms with van der Waals surface area (Å²) >= 11 is 1.64. The van der Waals surface area contributed by atoms with E-state index in [0.29, 0.717) is 12.6 Å². The smallest absolute Gasteiger partial charge is 0.311 e. The molecule has 1 aromatic heterocycles. The van der Waals surface area contributed by atoms with Gasteiger partial charge >= 0.3 is 5.97 Å². The van der Waals surface area contributed by atoms with Gasteiger partial charge in [-0.2, -0.15) is 0 Å². The lowest BCUT2D eigenvalue weighted by Crippen LogP contribution is -2.35. The molecule has 2 saturated heterocycles. The summed E-state index contributed by atoms with van der Waals surface area (Å²) in [5, 5.41) is 3.03. The van der Waals surface area contributed by atoms with Crippen LogP contribution in [0.5, 0.6) is 0 Å². The highest BCUT2D eigenvalue weighted by atomic mass is 32.1. The number of ether oxygens (including phenoxy) is 1. The highest BCUT2D eigenvalue weighted by molar-refractivity contribution is 7.13. The largest absolute Gasteiger partial charge is 0.466 e. The Kier molecular flexibility index (Phi) is 4.75. The van der Waals surface area contributed by atoms with E-state index in [9.17, 15) is 4.79 Å². The normalized spacial score (nSPS) is 22.9. The molecule has 1 unspecified atom stereocenters. The summed E-state index contributed by atoms with van der Waals surface area (Å²) in [5.41, 5.74) is 0.832. The van der Waals surface area contributed by atoms with Crippen molar-refractivity contribution in [3.05, 3.63) is 11.1 Å². The molecular formula is C15H23N3O2S. The van der Waals surface area contributed by atoms with Gasteiger partial charge < -0.3 is 9.64 Å². The molecule has 0 aliphatic carbocycles. The lowest BCUT2D eigenvalue weighted by Gasteiger charge is -2.23. The fraction of sp³-hybridized carbons (Fsp3) is 0.733. The third-order valence-electron chi connectivity index (χ3n) is 4.26. The SMILES string of the molecule is CCOC(=O)Cc1csc(N2CCC(N3CCCC3)C2)n1. The number of anilines is 1. The monoisotopic (exact) mass is 309 g/mol. The predicted octanol–water partition coefficient (Wildman–Crippen LogP) is 1.92. The first-order chi connectivity index (χ1) is 10.3. The van der Waals surface area contributed by atoms with Gasteiger partial charge in [-0.25, -0.2) is 4.98 Å². The predicted molar refractivity (Wildman–Crippen MR) is 83.9 cm³/mol. The van der Waals surface area contributed by atoms with Crippen LogP contribution in [0.15, 0.2) is 5.38 Å². The Morgan fingerprint density at radius 1 is 1.43 bits per heavy atom. The zero-order valence-electron chi connectivity index (χ0n) is 12.6. The minimum Gasteiger partial charge on any atom is -0.466 e. The third kappa shape index (κ3) is 3.55. The van der Waals surface area contributed by atoms with Crippen molar-refractivity contribution in [2.45, 2.75) is 38.6 Å². The zero-order valence-corrected chi connectivity index (χ0v) is 13.4. The number of carbonyl (C=O) groups is 1. The molecule has 0 radical (unpaired) electrons. The minimum absolute atomic E-state index is 0.189. The molecule has 0 spiro atoms. The van der Waals surface area contributed by atoms with Crippen molar-refractivity contribution in [1.82, 2.24) is 9.88 Å². The summed E-state index contributed by atoms with van der Waals surface area (Å²) in [6.07, 6.45) is 4.20. The molecule has 1 atom stereocenters. The first-order valence-corrected chi connectivity index (χ1v) is 8.73. The van der Waals surface area contributed by atoms with Gasteiger partial charge in [0.1, 0.15) is 0 Å². The van der Waals surface area contributed by atoms with Crippen molar-refractivity contribution < 1.29 is 9.53 Å². The van der Waals surface area contributed by atoms with E-state index in [1.165, 1.54) is 32.4 Å². The van der Waals surface area contributed by atoms with Gasteiger partial charge in [0.2, 0.25) is 0 Å². The van der Waals surface area contributed by atoms with E-state index in [1.807, 2.05) is 12.3 Å². The first kappa shape index (κ1) is 14.8. The second kappa shape index (κ2) is 6.75. The second-order valence-corrected chi connectivity index (χ2v) is 6.57. The second-order valence-electron chi connectivity index (χ2n) is 5.73. The van der Waals surface area contributed by atoms with E-state index in [2.05, 4.69) is 14.8 Å². The summed E-state index contributed by atoms with van der Waals surface area (Å²) in [5.74, 6) is -0.189. The lowest BCUT2D eigenvalue weighted by atomic mass is 10.2. The van der Waals surface area contributed by atoms with E-state index in [-0.39, 0.29) is 12.4 Å². The van der Waals surface area contributed by atoms with Crippen LogP contribution in [0.25, 0.3) is 0 Å². The molecule has 0 amide bonds. The number of carbonyl (C=O) groups excluding carboxylic acids is 1. The standard InChI is InChI=1S/C15H23N3O2S/c1-2-20-14(19)9-12-11-21-15(16-12)18-8-5-13(10-18)17-6-3-4-7-17/h11,13H,2-10H2,1H3. The molecule has 0 saturated carbocycles. The molecule has 21 heavy (non-hydrogen) atoms. The van der Waals surface area contributed by atoms with Crippen LogP contribution in [0.2, 0.25) is 0 Å². The van der Waals surface area contributed by atoms with Gasteiger partial charge in [-0.05, 0) is 39.3 Å². The van der Waals surface area contributed by atoms with Crippen molar-refractivity contribution in [3.8, 4) is 0 Å². The Morgan fingerprint density at radius 3 is 3.00 bits per heavy atom. The van der Waals surface area contributed by atoms with Crippen LogP contribution in [0, 0.1) is 0 Å². The number of likely N-dealkylation sites (tertiary alicyclic amines) is 1. The summed E-state index contributed by atoms with van der Waals surface area (Å²) in [7, 11) is 0. The van der Waals surface area contributed by atoms with Crippen molar-refractivity contribution >= 4 is 22.4 Å². The van der Waals surface area contributed by atoms with Gasteiger partial charge in [0, 0.05) is 24.5 Å². The maximum atomic E-state index is 11.5. The maximum Gasteiger partial charge on any atom is 0.311 e. The molecule has 0 aromatic carbocycles. The average molecular weight is 309 g/mol. The van der Waals surface area contributed by atoms with Gasteiger partial charge in [0.25, 0.3) is 0 Å². The summed E-state index contributed by atoms with van der Waals surface area (Å²) in [4.78, 5) is 21.1. The number of esters is 1. The van der Waals surface area contributed by atoms with Gasteiger partial charge in [0.05, 0.1) is 18.7 Å². The summed E-state index contributed by atoms with van der Waals surface area (Å²) < 4.78 is 4.97. The van der Waals surface area contributed by atoms with Gasteiger partial charge in [-0.1, -0.05) is 0 Å². The Hall–Kier alpha value is -1.14. The Bertz CT molecular complexity index is 485. The number of thiazole rings is 1. The average Bonchev–Trinajstić information content (AvgIpc) is 3.20. The van der Waals surface area contributed by atoms with E-state index in [1.54, 1.807) is 11.3 Å². The molecule has 2 aliphatic rings. The van der Waals surface area contributed by atoms with Gasteiger partial charge in [-0.15, -0.1) is 11.3 Å². The van der Waals surface area contributed by atoms with Gasteiger partial charge in [0.15, 0.2) is 5.13 Å². The van der Waals surface area contributed by atoms with E-state index in [0.717, 1.165) is 23.9 Å². The van der Waals surface area contributed by atoms with Crippen molar-refractivity contribution in [3.63, 3.8) is 0 Å². The van der Waals surface area contributed by atoms with Crippen LogP contribution in [-0.2, 0) is 16.0 Å². The molecule has 0 N–H and O–H groups in total. The van der Waals surface area contributed by atoms with Crippen LogP contribution in [0.3, 0.4) is 0 Å². The fourth-order valence-corrected chi connectivity index (χ4v) is 4.07. The van der Waals surface area contributed by atoms with Crippen molar-refractivity contribution in [2.24, 2.45) is 0 Å². The van der Waals surface area contributed by atoms with Crippen molar-refractivity contribution in [1.29, 1.82) is 0 Å². The summed E-state index contributed by atoms with van der Waals surface area (Å²) in [6.45, 7) is 6.92. The van der Waals surface area contributed by atoms with E-state index < -0.39 is 0 Å². The quantitative estimate of drug-likeness (QED) is 0.778. The number of hydrogen-bond acceptors (Lipinski definition) is 6. The number of aromatic nitrogens is 1. The molecule has 5 nitrogen and oxygen atoms in total. The van der Waals surface area contributed by atoms with E-state index >= 15 is 0 Å². The number of hydrogen-bond donors (Lipinski definition) is 0. The highest BCUT2D eigenvalue weighted by Gasteiger charge is 2.30. The van der Waals surface area contributed by atoms with Crippen LogP contribution in [0.4, 0.5) is 5.13 Å². The van der Waals surface area contributed by atoms with Crippen LogP contribution >= 0.6 is 11.3 Å². The minimum atomic E-state index is -0.189. The number of nitrogens with zero attached hydrogens (tertiary/aromatic N) is 3. The molecule has 6 heteroatoms. The van der Waals surface area contributed by atoms with Crippen LogP contribution < -0.4 is 4.90 Å². The molecule has 2 aliphatic heterocycles. The van der Waals surface area contributed by atoms with E-state index in [4.69, 9.17) is 4.74 Å². The Labute approximate surface area is 129 Å². The Morgan fingerprint density at radius 2 is 2.24 bits per heavy atom. The zero-order chi connectivity index (χ0) is 14.7. The maximum absolute atomic E-state index is 11.5. The molecular weight excluding hydrogens is 286 g/mol. The van der Waals surface area contributed by atoms with Crippen LogP contribution in [0.1, 0.15) is 31.9 Å². The lowest BCUT2D eigenvalue weighted by molar-refractivity contribution is -0.142. The van der Waals surface area contributed by atoms with Crippen molar-refractivity contribution in [2.75, 3.05) is 37.7 Å². The molecule has 3 heterocycles. The third-order valence-corrected chi connectivity index (χ3v) is 5.21. The summed E-state index contributed by atoms with van der Waals surface area (Å²) in [6, 6.07) is 0.685. The number of rotatable bonds is 5. The van der Waals surface area contributed by atoms with Crippen LogP contribution in [-0.4, -0.2) is 54.7 Å². The molecule has 2 fully saturated rings. The molecule has 1 aromatic rings. The Balaban J connectivity index is 1.55. The van der Waals surface area contributed by atoms with Gasteiger partial charge in [-0.3, -0.25) is 9.69 Å². The molecule has 116 valence electrons. The molecule has 3 rings (SSSR count).